The predicted octanol–water partition coefficient (Wildman–Crippen LogP) is 1.08. The second-order valence-electron chi connectivity index (χ2n) is 3.64. The molecular weight excluding hydrogens is 234 g/mol. The van der Waals surface area contributed by atoms with E-state index in [0.29, 0.717) is 17.8 Å². The Kier molecular flexibility index (Phi) is 5.63. The number of methoxy groups -OCH3 is 1. The average molecular weight is 251 g/mol. The van der Waals surface area contributed by atoms with E-state index in [1.807, 2.05) is 6.92 Å². The molecule has 0 saturated carbocycles. The number of hydrogen-bond donors (Lipinski definition) is 2. The molecule has 2 N–H and O–H groups in total. The summed E-state index contributed by atoms with van der Waals surface area (Å²) in [7, 11) is 1.32. The van der Waals surface area contributed by atoms with Gasteiger partial charge in [-0.2, -0.15) is 0 Å². The normalized spacial score (nSPS) is 9.67. The lowest BCUT2D eigenvalue weighted by Crippen LogP contribution is -2.35. The minimum absolute atomic E-state index is 0.248. The Labute approximate surface area is 106 Å². The van der Waals surface area contributed by atoms with Crippen LogP contribution in [0.25, 0.3) is 0 Å². The van der Waals surface area contributed by atoms with E-state index in [-0.39, 0.29) is 12.6 Å². The van der Waals surface area contributed by atoms with E-state index in [0.717, 1.165) is 6.42 Å². The molecule has 0 aliphatic carbocycles. The first-order valence-corrected chi connectivity index (χ1v) is 5.72. The molecular formula is C12H17N3O3. The molecule has 0 atom stereocenters. The molecule has 0 aliphatic heterocycles. The number of aromatic nitrogens is 1. The van der Waals surface area contributed by atoms with E-state index in [4.69, 9.17) is 0 Å². The number of ether oxygens (including phenoxy) is 1. The van der Waals surface area contributed by atoms with Gasteiger partial charge in [0.05, 0.1) is 24.9 Å². The first kappa shape index (κ1) is 14.0. The van der Waals surface area contributed by atoms with Crippen molar-refractivity contribution >= 4 is 12.0 Å². The Morgan fingerprint density at radius 3 is 2.83 bits per heavy atom. The van der Waals surface area contributed by atoms with E-state index < -0.39 is 5.97 Å². The average Bonchev–Trinajstić information content (AvgIpc) is 2.42. The van der Waals surface area contributed by atoms with Gasteiger partial charge in [0.2, 0.25) is 0 Å². The molecule has 0 unspecified atom stereocenters. The summed E-state index contributed by atoms with van der Waals surface area (Å²) >= 11 is 0. The number of urea groups is 1. The molecule has 1 aromatic rings. The fourth-order valence-electron chi connectivity index (χ4n) is 1.29. The van der Waals surface area contributed by atoms with Gasteiger partial charge >= 0.3 is 12.0 Å². The zero-order valence-electron chi connectivity index (χ0n) is 10.5. The van der Waals surface area contributed by atoms with Gasteiger partial charge in [0.25, 0.3) is 0 Å². The van der Waals surface area contributed by atoms with E-state index in [9.17, 15) is 9.59 Å². The van der Waals surface area contributed by atoms with E-state index in [2.05, 4.69) is 20.4 Å². The lowest BCUT2D eigenvalue weighted by molar-refractivity contribution is 0.0600. The second-order valence-corrected chi connectivity index (χ2v) is 3.64. The molecule has 1 aromatic heterocycles. The highest BCUT2D eigenvalue weighted by atomic mass is 16.5. The third-order valence-corrected chi connectivity index (χ3v) is 2.20. The molecule has 1 heterocycles. The van der Waals surface area contributed by atoms with Gasteiger partial charge in [0.15, 0.2) is 0 Å². The van der Waals surface area contributed by atoms with Crippen LogP contribution in [0.15, 0.2) is 18.3 Å². The fourth-order valence-corrected chi connectivity index (χ4v) is 1.29. The molecule has 0 aliphatic rings. The van der Waals surface area contributed by atoms with Gasteiger partial charge in [0.1, 0.15) is 0 Å². The smallest absolute Gasteiger partial charge is 0.337 e. The number of nitrogens with one attached hydrogen (secondary N) is 2. The Hall–Kier alpha value is -2.11. The quantitative estimate of drug-likeness (QED) is 0.767. The van der Waals surface area contributed by atoms with E-state index in [1.165, 1.54) is 13.3 Å². The van der Waals surface area contributed by atoms with Crippen molar-refractivity contribution in [3.8, 4) is 0 Å². The van der Waals surface area contributed by atoms with E-state index in [1.54, 1.807) is 12.1 Å². The number of amides is 2. The fraction of sp³-hybridized carbons (Fsp3) is 0.417. The number of carbonyl (C=O) groups excluding carboxylic acids is 2. The second kappa shape index (κ2) is 7.26. The Balaban J connectivity index is 2.52. The summed E-state index contributed by atoms with van der Waals surface area (Å²) in [5, 5.41) is 5.33. The van der Waals surface area contributed by atoms with Gasteiger partial charge in [-0.1, -0.05) is 6.92 Å². The summed E-state index contributed by atoms with van der Waals surface area (Å²) in [6, 6.07) is 2.90. The van der Waals surface area contributed by atoms with Crippen LogP contribution < -0.4 is 10.6 Å². The number of esters is 1. The molecule has 0 saturated heterocycles. The van der Waals surface area contributed by atoms with Crippen molar-refractivity contribution in [2.75, 3.05) is 13.7 Å². The zero-order valence-corrected chi connectivity index (χ0v) is 10.5. The van der Waals surface area contributed by atoms with Gasteiger partial charge in [-0.05, 0) is 18.6 Å². The Morgan fingerprint density at radius 1 is 1.39 bits per heavy atom. The maximum atomic E-state index is 11.3. The van der Waals surface area contributed by atoms with Gasteiger partial charge in [-0.25, -0.2) is 9.59 Å². The van der Waals surface area contributed by atoms with Crippen LogP contribution in [-0.4, -0.2) is 30.6 Å². The zero-order chi connectivity index (χ0) is 13.4. The van der Waals surface area contributed by atoms with Crippen molar-refractivity contribution in [2.24, 2.45) is 0 Å². The van der Waals surface area contributed by atoms with Crippen molar-refractivity contribution in [3.05, 3.63) is 29.6 Å². The molecule has 0 bridgehead atoms. The largest absolute Gasteiger partial charge is 0.465 e. The number of hydrogen-bond acceptors (Lipinski definition) is 4. The van der Waals surface area contributed by atoms with Crippen LogP contribution in [0.5, 0.6) is 0 Å². The monoisotopic (exact) mass is 251 g/mol. The van der Waals surface area contributed by atoms with Crippen molar-refractivity contribution in [1.82, 2.24) is 15.6 Å². The summed E-state index contributed by atoms with van der Waals surface area (Å²) in [5.74, 6) is -0.422. The summed E-state index contributed by atoms with van der Waals surface area (Å²) in [5.41, 5.74) is 1.02. The predicted molar refractivity (Wildman–Crippen MR) is 66.1 cm³/mol. The first-order chi connectivity index (χ1) is 8.67. The Bertz CT molecular complexity index is 421. The van der Waals surface area contributed by atoms with Crippen molar-refractivity contribution in [2.45, 2.75) is 19.9 Å². The summed E-state index contributed by atoms with van der Waals surface area (Å²) in [6.45, 7) is 2.86. The number of pyridine rings is 1. The Morgan fingerprint density at radius 2 is 2.17 bits per heavy atom. The maximum Gasteiger partial charge on any atom is 0.337 e. The molecule has 0 fully saturated rings. The highest BCUT2D eigenvalue weighted by Crippen LogP contribution is 2.03. The summed E-state index contributed by atoms with van der Waals surface area (Å²) < 4.78 is 4.60. The summed E-state index contributed by atoms with van der Waals surface area (Å²) in [6.07, 6.45) is 2.39. The van der Waals surface area contributed by atoms with E-state index >= 15 is 0 Å². The van der Waals surface area contributed by atoms with Crippen LogP contribution in [0, 0.1) is 0 Å². The third kappa shape index (κ3) is 4.40. The van der Waals surface area contributed by atoms with Crippen LogP contribution in [0.1, 0.15) is 29.4 Å². The van der Waals surface area contributed by atoms with Crippen molar-refractivity contribution < 1.29 is 14.3 Å². The number of carbonyl (C=O) groups is 2. The van der Waals surface area contributed by atoms with Crippen LogP contribution in [0.2, 0.25) is 0 Å². The van der Waals surface area contributed by atoms with Gasteiger partial charge in [0, 0.05) is 12.7 Å². The minimum atomic E-state index is -0.422. The van der Waals surface area contributed by atoms with Crippen molar-refractivity contribution in [1.29, 1.82) is 0 Å². The highest BCUT2D eigenvalue weighted by Gasteiger charge is 2.07. The summed E-state index contributed by atoms with van der Waals surface area (Å²) in [4.78, 5) is 26.7. The van der Waals surface area contributed by atoms with Crippen molar-refractivity contribution in [3.63, 3.8) is 0 Å². The molecule has 98 valence electrons. The van der Waals surface area contributed by atoms with Gasteiger partial charge < -0.3 is 15.4 Å². The lowest BCUT2D eigenvalue weighted by Gasteiger charge is -2.07. The standard InChI is InChI=1S/C12H17N3O3/c1-3-5-14-12(17)15-8-10-7-9(4-6-13-10)11(16)18-2/h4,6-7H,3,5,8H2,1-2H3,(H2,14,15,17). The lowest BCUT2D eigenvalue weighted by atomic mass is 10.2. The molecule has 6 nitrogen and oxygen atoms in total. The third-order valence-electron chi connectivity index (χ3n) is 2.20. The minimum Gasteiger partial charge on any atom is -0.465 e. The maximum absolute atomic E-state index is 11.3. The topological polar surface area (TPSA) is 80.3 Å². The van der Waals surface area contributed by atoms with Crippen LogP contribution in [0.3, 0.4) is 0 Å². The van der Waals surface area contributed by atoms with Crippen LogP contribution in [-0.2, 0) is 11.3 Å². The van der Waals surface area contributed by atoms with Crippen LogP contribution >= 0.6 is 0 Å². The molecule has 18 heavy (non-hydrogen) atoms. The van der Waals surface area contributed by atoms with Gasteiger partial charge in [-0.3, -0.25) is 4.98 Å². The van der Waals surface area contributed by atoms with Crippen LogP contribution in [0.4, 0.5) is 4.79 Å². The molecule has 0 radical (unpaired) electrons. The molecule has 2 amide bonds. The molecule has 0 spiro atoms. The SMILES string of the molecule is CCCNC(=O)NCc1cc(C(=O)OC)ccn1. The highest BCUT2D eigenvalue weighted by molar-refractivity contribution is 5.89. The molecule has 1 rings (SSSR count). The first-order valence-electron chi connectivity index (χ1n) is 5.72. The molecule has 0 aromatic carbocycles. The van der Waals surface area contributed by atoms with Gasteiger partial charge in [-0.15, -0.1) is 0 Å². The molecule has 6 heteroatoms. The number of nitrogens with zero attached hydrogens (tertiary/aromatic N) is 1. The number of rotatable bonds is 5.